The number of hydrogen-bond donors (Lipinski definition) is 2. The van der Waals surface area contributed by atoms with E-state index in [1.165, 1.54) is 18.4 Å². The van der Waals surface area contributed by atoms with Gasteiger partial charge in [0.15, 0.2) is 0 Å². The van der Waals surface area contributed by atoms with Gasteiger partial charge >= 0.3 is 0 Å². The molecule has 2 rings (SSSR count). The van der Waals surface area contributed by atoms with Gasteiger partial charge in [0.2, 0.25) is 5.91 Å². The van der Waals surface area contributed by atoms with Gasteiger partial charge in [-0.2, -0.15) is 0 Å². The maximum Gasteiger partial charge on any atom is 0.238 e. The van der Waals surface area contributed by atoms with Gasteiger partial charge in [0.05, 0.1) is 6.54 Å². The number of aryl methyl sites for hydroxylation is 1. The molecule has 0 aliphatic heterocycles. The Labute approximate surface area is 127 Å². The Hall–Kier alpha value is -1.39. The Kier molecular flexibility index (Phi) is 5.37. The van der Waals surface area contributed by atoms with Gasteiger partial charge in [-0.05, 0) is 63.4 Å². The standard InChI is InChI=1S/C17H27N3O/c1-12-6-4-8-15(13(12)2)19-17(21)11-20(3)16-9-5-7-14(16)10-18/h4,6,8,14,16H,5,7,9-11,18H2,1-3H3,(H,19,21). The minimum atomic E-state index is 0.0499. The molecule has 4 heteroatoms. The number of anilines is 1. The first kappa shape index (κ1) is 16.0. The first-order valence-corrected chi connectivity index (χ1v) is 7.79. The second-order valence-corrected chi connectivity index (χ2v) is 6.20. The van der Waals surface area contributed by atoms with Crippen molar-refractivity contribution in [2.24, 2.45) is 11.7 Å². The number of likely N-dealkylation sites (N-methyl/N-ethyl adjacent to an activating group) is 1. The maximum atomic E-state index is 12.3. The highest BCUT2D eigenvalue weighted by molar-refractivity contribution is 5.93. The smallest absolute Gasteiger partial charge is 0.238 e. The van der Waals surface area contributed by atoms with Gasteiger partial charge in [-0.15, -0.1) is 0 Å². The Bertz CT molecular complexity index is 501. The topological polar surface area (TPSA) is 58.4 Å². The van der Waals surface area contributed by atoms with Crippen LogP contribution in [0, 0.1) is 19.8 Å². The van der Waals surface area contributed by atoms with E-state index in [4.69, 9.17) is 5.73 Å². The van der Waals surface area contributed by atoms with Crippen LogP contribution in [0.5, 0.6) is 0 Å². The number of rotatable bonds is 5. The lowest BCUT2D eigenvalue weighted by Gasteiger charge is -2.28. The lowest BCUT2D eigenvalue weighted by atomic mass is 10.0. The number of benzene rings is 1. The average molecular weight is 289 g/mol. The first-order chi connectivity index (χ1) is 10.0. The molecule has 0 heterocycles. The molecule has 2 atom stereocenters. The number of hydrogen-bond acceptors (Lipinski definition) is 3. The van der Waals surface area contributed by atoms with Gasteiger partial charge in [0.1, 0.15) is 0 Å². The van der Waals surface area contributed by atoms with Gasteiger partial charge in [-0.25, -0.2) is 0 Å². The van der Waals surface area contributed by atoms with Gasteiger partial charge < -0.3 is 11.1 Å². The summed E-state index contributed by atoms with van der Waals surface area (Å²) in [5.74, 6) is 0.581. The minimum Gasteiger partial charge on any atom is -0.330 e. The van der Waals surface area contributed by atoms with Crippen LogP contribution in [0.25, 0.3) is 0 Å². The fraction of sp³-hybridized carbons (Fsp3) is 0.588. The van der Waals surface area contributed by atoms with Crippen molar-refractivity contribution in [1.82, 2.24) is 4.90 Å². The highest BCUT2D eigenvalue weighted by atomic mass is 16.2. The Morgan fingerprint density at radius 3 is 2.86 bits per heavy atom. The summed E-state index contributed by atoms with van der Waals surface area (Å²) in [6.07, 6.45) is 3.55. The molecule has 1 aromatic carbocycles. The maximum absolute atomic E-state index is 12.3. The predicted octanol–water partition coefficient (Wildman–Crippen LogP) is 2.30. The Morgan fingerprint density at radius 1 is 1.38 bits per heavy atom. The average Bonchev–Trinajstić information content (AvgIpc) is 2.92. The van der Waals surface area contributed by atoms with Crippen LogP contribution in [0.15, 0.2) is 18.2 Å². The number of carbonyl (C=O) groups is 1. The zero-order chi connectivity index (χ0) is 15.4. The van der Waals surface area contributed by atoms with Crippen LogP contribution < -0.4 is 11.1 Å². The molecule has 3 N–H and O–H groups in total. The summed E-state index contributed by atoms with van der Waals surface area (Å²) in [6, 6.07) is 6.43. The predicted molar refractivity (Wildman–Crippen MR) is 87.4 cm³/mol. The number of nitrogens with one attached hydrogen (secondary N) is 1. The molecule has 0 bridgehead atoms. The number of amides is 1. The second kappa shape index (κ2) is 7.05. The zero-order valence-electron chi connectivity index (χ0n) is 13.4. The van der Waals surface area contributed by atoms with E-state index in [0.29, 0.717) is 25.0 Å². The lowest BCUT2D eigenvalue weighted by Crippen LogP contribution is -2.41. The molecule has 1 aliphatic carbocycles. The van der Waals surface area contributed by atoms with Crippen LogP contribution in [0.4, 0.5) is 5.69 Å². The number of nitrogens with zero attached hydrogens (tertiary/aromatic N) is 1. The molecule has 21 heavy (non-hydrogen) atoms. The highest BCUT2D eigenvalue weighted by Crippen LogP contribution is 2.28. The summed E-state index contributed by atoms with van der Waals surface area (Å²) < 4.78 is 0. The van der Waals surface area contributed by atoms with Crippen LogP contribution in [-0.2, 0) is 4.79 Å². The van der Waals surface area contributed by atoms with Crippen molar-refractivity contribution in [2.45, 2.75) is 39.2 Å². The van der Waals surface area contributed by atoms with Crippen molar-refractivity contribution < 1.29 is 4.79 Å². The molecule has 0 spiro atoms. The van der Waals surface area contributed by atoms with Crippen molar-refractivity contribution in [3.05, 3.63) is 29.3 Å². The zero-order valence-corrected chi connectivity index (χ0v) is 13.4. The van der Waals surface area contributed by atoms with E-state index in [1.807, 2.05) is 26.1 Å². The minimum absolute atomic E-state index is 0.0499. The summed E-state index contributed by atoms with van der Waals surface area (Å²) >= 11 is 0. The van der Waals surface area contributed by atoms with Crippen molar-refractivity contribution in [2.75, 3.05) is 25.5 Å². The van der Waals surface area contributed by atoms with E-state index < -0.39 is 0 Å². The van der Waals surface area contributed by atoms with Gasteiger partial charge in [0.25, 0.3) is 0 Å². The summed E-state index contributed by atoms with van der Waals surface area (Å²) in [4.78, 5) is 14.4. The van der Waals surface area contributed by atoms with E-state index >= 15 is 0 Å². The summed E-state index contributed by atoms with van der Waals surface area (Å²) in [6.45, 7) is 5.24. The normalized spacial score (nSPS) is 21.8. The molecule has 0 saturated heterocycles. The van der Waals surface area contributed by atoms with E-state index in [-0.39, 0.29) is 5.91 Å². The SMILES string of the molecule is Cc1cccc(NC(=O)CN(C)C2CCCC2CN)c1C. The Morgan fingerprint density at radius 2 is 2.14 bits per heavy atom. The van der Waals surface area contributed by atoms with E-state index in [2.05, 4.69) is 23.2 Å². The number of nitrogens with two attached hydrogens (primary N) is 1. The van der Waals surface area contributed by atoms with Gasteiger partial charge in [0, 0.05) is 11.7 Å². The molecular weight excluding hydrogens is 262 g/mol. The molecule has 2 unspecified atom stereocenters. The van der Waals surface area contributed by atoms with Gasteiger partial charge in [-0.3, -0.25) is 9.69 Å². The van der Waals surface area contributed by atoms with Crippen molar-refractivity contribution >= 4 is 11.6 Å². The Balaban J connectivity index is 1.94. The fourth-order valence-electron chi connectivity index (χ4n) is 3.29. The summed E-state index contributed by atoms with van der Waals surface area (Å²) in [5.41, 5.74) is 9.07. The molecule has 1 saturated carbocycles. The molecule has 1 aromatic rings. The molecule has 0 aromatic heterocycles. The molecule has 0 radical (unpaired) electrons. The third-order valence-corrected chi connectivity index (χ3v) is 4.76. The molecule has 116 valence electrons. The van der Waals surface area contributed by atoms with Crippen molar-refractivity contribution in [3.8, 4) is 0 Å². The van der Waals surface area contributed by atoms with Crippen molar-refractivity contribution in [1.29, 1.82) is 0 Å². The molecule has 1 aliphatic rings. The monoisotopic (exact) mass is 289 g/mol. The molecular formula is C17H27N3O. The van der Waals surface area contributed by atoms with Crippen molar-refractivity contribution in [3.63, 3.8) is 0 Å². The van der Waals surface area contributed by atoms with Crippen LogP contribution in [0.1, 0.15) is 30.4 Å². The molecule has 1 fully saturated rings. The highest BCUT2D eigenvalue weighted by Gasteiger charge is 2.30. The quantitative estimate of drug-likeness (QED) is 0.874. The summed E-state index contributed by atoms with van der Waals surface area (Å²) in [7, 11) is 2.03. The van der Waals surface area contributed by atoms with Gasteiger partial charge in [-0.1, -0.05) is 18.6 Å². The van der Waals surface area contributed by atoms with E-state index in [0.717, 1.165) is 17.7 Å². The van der Waals surface area contributed by atoms with Crippen LogP contribution in [0.2, 0.25) is 0 Å². The van der Waals surface area contributed by atoms with E-state index in [1.54, 1.807) is 0 Å². The molecule has 4 nitrogen and oxygen atoms in total. The van der Waals surface area contributed by atoms with E-state index in [9.17, 15) is 4.79 Å². The third kappa shape index (κ3) is 3.83. The van der Waals surface area contributed by atoms with Crippen LogP contribution in [-0.4, -0.2) is 37.0 Å². The molecule has 1 amide bonds. The fourth-order valence-corrected chi connectivity index (χ4v) is 3.29. The number of carbonyl (C=O) groups excluding carboxylic acids is 1. The lowest BCUT2D eigenvalue weighted by molar-refractivity contribution is -0.117. The second-order valence-electron chi connectivity index (χ2n) is 6.20. The largest absolute Gasteiger partial charge is 0.330 e. The first-order valence-electron chi connectivity index (χ1n) is 7.79. The summed E-state index contributed by atoms with van der Waals surface area (Å²) in [5, 5.41) is 3.03. The van der Waals surface area contributed by atoms with Crippen LogP contribution >= 0.6 is 0 Å². The third-order valence-electron chi connectivity index (χ3n) is 4.76. The van der Waals surface area contributed by atoms with Crippen LogP contribution in [0.3, 0.4) is 0 Å².